The molecule has 1 N–H and O–H groups in total. The zero-order valence-electron chi connectivity index (χ0n) is 18.8. The largest absolute Gasteiger partial charge is 0.383 e. The van der Waals surface area contributed by atoms with Crippen molar-refractivity contribution >= 4 is 17.6 Å². The molecular weight excluding hydrogens is 430 g/mol. The number of hydrogen-bond acceptors (Lipinski definition) is 4. The number of amides is 3. The molecule has 33 heavy (non-hydrogen) atoms. The summed E-state index contributed by atoms with van der Waals surface area (Å²) in [5.41, 5.74) is 1.38. The molecule has 0 aromatic heterocycles. The molecule has 3 amide bonds. The molecule has 0 saturated carbocycles. The zero-order chi connectivity index (χ0) is 23.8. The van der Waals surface area contributed by atoms with Gasteiger partial charge in [-0.15, -0.1) is 0 Å². The predicted octanol–water partition coefficient (Wildman–Crippen LogP) is 3.71. The first-order valence-corrected chi connectivity index (χ1v) is 10.9. The minimum atomic E-state index is -0.546. The average molecular weight is 459 g/mol. The molecule has 9 heteroatoms. The van der Waals surface area contributed by atoms with Crippen molar-refractivity contribution in [3.63, 3.8) is 0 Å². The van der Waals surface area contributed by atoms with Gasteiger partial charge in [-0.25, -0.2) is 18.6 Å². The monoisotopic (exact) mass is 458 g/mol. The summed E-state index contributed by atoms with van der Waals surface area (Å²) in [6.45, 7) is 2.66. The number of benzene rings is 2. The number of rotatable bonds is 9. The van der Waals surface area contributed by atoms with E-state index in [1.807, 2.05) is 6.92 Å². The summed E-state index contributed by atoms with van der Waals surface area (Å²) in [4.78, 5) is 27.2. The van der Waals surface area contributed by atoms with Crippen LogP contribution < -0.4 is 5.32 Å². The molecule has 176 valence electrons. The van der Waals surface area contributed by atoms with Crippen LogP contribution in [0.3, 0.4) is 0 Å². The molecule has 0 fully saturated rings. The van der Waals surface area contributed by atoms with Gasteiger partial charge in [-0.05, 0) is 30.2 Å². The Morgan fingerprint density at radius 2 is 1.91 bits per heavy atom. The first kappa shape index (κ1) is 24.3. The van der Waals surface area contributed by atoms with Gasteiger partial charge in [-0.3, -0.25) is 4.79 Å². The van der Waals surface area contributed by atoms with Crippen molar-refractivity contribution in [2.24, 2.45) is 5.10 Å². The second-order valence-corrected chi connectivity index (χ2v) is 7.68. The number of nitrogens with one attached hydrogen (secondary N) is 1. The maximum atomic E-state index is 14.4. The van der Waals surface area contributed by atoms with Crippen molar-refractivity contribution in [1.29, 1.82) is 0 Å². The van der Waals surface area contributed by atoms with Crippen LogP contribution in [-0.2, 0) is 9.53 Å². The van der Waals surface area contributed by atoms with E-state index in [0.29, 0.717) is 23.4 Å². The van der Waals surface area contributed by atoms with Crippen LogP contribution in [0.15, 0.2) is 53.6 Å². The van der Waals surface area contributed by atoms with Gasteiger partial charge in [0.2, 0.25) is 0 Å². The Morgan fingerprint density at radius 3 is 2.58 bits per heavy atom. The van der Waals surface area contributed by atoms with E-state index in [1.54, 1.807) is 30.3 Å². The van der Waals surface area contributed by atoms with Crippen LogP contribution >= 0.6 is 0 Å². The quantitative estimate of drug-likeness (QED) is 0.623. The van der Waals surface area contributed by atoms with E-state index in [0.717, 1.165) is 6.42 Å². The number of carbonyl (C=O) groups is 2. The molecule has 2 aromatic carbocycles. The Morgan fingerprint density at radius 1 is 1.18 bits per heavy atom. The lowest BCUT2D eigenvalue weighted by Gasteiger charge is -2.27. The van der Waals surface area contributed by atoms with Gasteiger partial charge in [0.15, 0.2) is 0 Å². The molecule has 0 bridgehead atoms. The number of halogens is 2. The van der Waals surface area contributed by atoms with Gasteiger partial charge in [-0.2, -0.15) is 5.10 Å². The molecule has 1 aliphatic rings. The minimum Gasteiger partial charge on any atom is -0.383 e. The van der Waals surface area contributed by atoms with Crippen LogP contribution in [-0.4, -0.2) is 60.9 Å². The Labute approximate surface area is 192 Å². The van der Waals surface area contributed by atoms with Gasteiger partial charge >= 0.3 is 6.03 Å². The van der Waals surface area contributed by atoms with Crippen molar-refractivity contribution in [3.05, 3.63) is 71.3 Å². The molecule has 1 heterocycles. The topological polar surface area (TPSA) is 74.2 Å². The third-order valence-electron chi connectivity index (χ3n) is 5.31. The van der Waals surface area contributed by atoms with Crippen LogP contribution in [0.4, 0.5) is 13.6 Å². The summed E-state index contributed by atoms with van der Waals surface area (Å²) < 4.78 is 33.0. The van der Waals surface area contributed by atoms with Crippen LogP contribution in [0.1, 0.15) is 36.9 Å². The maximum absolute atomic E-state index is 14.4. The smallest absolute Gasteiger partial charge is 0.317 e. The third-order valence-corrected chi connectivity index (χ3v) is 5.31. The number of hydrogen-bond donors (Lipinski definition) is 1. The highest BCUT2D eigenvalue weighted by Crippen LogP contribution is 2.33. The number of carbonyl (C=O) groups excluding carboxylic acids is 2. The fraction of sp³-hybridized carbons (Fsp3) is 0.375. The Kier molecular flexibility index (Phi) is 8.48. The van der Waals surface area contributed by atoms with E-state index < -0.39 is 23.6 Å². The highest BCUT2D eigenvalue weighted by molar-refractivity contribution is 6.03. The molecular formula is C24H28F2N4O3. The molecule has 0 unspecified atom stereocenters. The van der Waals surface area contributed by atoms with Gasteiger partial charge in [0, 0.05) is 32.2 Å². The van der Waals surface area contributed by atoms with Gasteiger partial charge in [0.25, 0.3) is 5.91 Å². The molecule has 3 rings (SSSR count). The molecule has 7 nitrogen and oxygen atoms in total. The highest BCUT2D eigenvalue weighted by Gasteiger charge is 2.35. The van der Waals surface area contributed by atoms with Crippen LogP contribution in [0, 0.1) is 11.6 Å². The van der Waals surface area contributed by atoms with E-state index in [1.165, 1.54) is 35.2 Å². The Hall–Kier alpha value is -3.33. The summed E-state index contributed by atoms with van der Waals surface area (Å²) in [6, 6.07) is 11.1. The van der Waals surface area contributed by atoms with E-state index in [4.69, 9.17) is 4.74 Å². The van der Waals surface area contributed by atoms with E-state index >= 15 is 0 Å². The van der Waals surface area contributed by atoms with Crippen molar-refractivity contribution in [2.75, 3.05) is 33.4 Å². The zero-order valence-corrected chi connectivity index (χ0v) is 18.8. The number of urea groups is 1. The van der Waals surface area contributed by atoms with Gasteiger partial charge in [-0.1, -0.05) is 37.3 Å². The summed E-state index contributed by atoms with van der Waals surface area (Å²) >= 11 is 0. The van der Waals surface area contributed by atoms with E-state index in [9.17, 15) is 18.4 Å². The van der Waals surface area contributed by atoms with Crippen LogP contribution in [0.25, 0.3) is 0 Å². The van der Waals surface area contributed by atoms with E-state index in [2.05, 4.69) is 10.4 Å². The molecule has 0 spiro atoms. The van der Waals surface area contributed by atoms with Gasteiger partial charge in [0.1, 0.15) is 18.2 Å². The van der Waals surface area contributed by atoms with Crippen molar-refractivity contribution in [3.8, 4) is 0 Å². The standard InChI is InChI=1S/C24H28F2N4O3/c1-3-12-27-24(32)29(13-14-33-2)16-23(31)30-22(17-8-10-18(25)11-9-17)15-21(28-30)19-6-4-5-7-20(19)26/h4-11,22H,3,12-16H2,1-2H3,(H,27,32)/t22-/m0/s1. The number of hydrazone groups is 1. The SMILES string of the molecule is CCCNC(=O)N(CCOC)CC(=O)N1N=C(c2ccccc2F)C[C@H]1c1ccc(F)cc1. The summed E-state index contributed by atoms with van der Waals surface area (Å²) in [5, 5.41) is 8.46. The predicted molar refractivity (Wildman–Crippen MR) is 121 cm³/mol. The lowest BCUT2D eigenvalue weighted by atomic mass is 9.98. The summed E-state index contributed by atoms with van der Waals surface area (Å²) in [6.07, 6.45) is 1.02. The fourth-order valence-electron chi connectivity index (χ4n) is 3.58. The summed E-state index contributed by atoms with van der Waals surface area (Å²) in [7, 11) is 1.51. The van der Waals surface area contributed by atoms with Crippen molar-refractivity contribution < 1.29 is 23.1 Å². The average Bonchev–Trinajstić information content (AvgIpc) is 3.26. The number of methoxy groups -OCH3 is 1. The molecule has 0 saturated heterocycles. The molecule has 0 aliphatic carbocycles. The molecule has 0 radical (unpaired) electrons. The van der Waals surface area contributed by atoms with Gasteiger partial charge in [0.05, 0.1) is 18.4 Å². The van der Waals surface area contributed by atoms with Crippen LogP contribution in [0.2, 0.25) is 0 Å². The Bertz CT molecular complexity index is 997. The van der Waals surface area contributed by atoms with Crippen LogP contribution in [0.5, 0.6) is 0 Å². The van der Waals surface area contributed by atoms with Crippen molar-refractivity contribution in [1.82, 2.24) is 15.2 Å². The van der Waals surface area contributed by atoms with Crippen molar-refractivity contribution in [2.45, 2.75) is 25.8 Å². The lowest BCUT2D eigenvalue weighted by Crippen LogP contribution is -2.47. The number of nitrogens with zero attached hydrogens (tertiary/aromatic N) is 3. The van der Waals surface area contributed by atoms with Gasteiger partial charge < -0.3 is 15.0 Å². The normalized spacial score (nSPS) is 15.3. The fourth-order valence-corrected chi connectivity index (χ4v) is 3.58. The second kappa shape index (κ2) is 11.5. The second-order valence-electron chi connectivity index (χ2n) is 7.68. The first-order chi connectivity index (χ1) is 15.9. The molecule has 1 aliphatic heterocycles. The number of ether oxygens (including phenoxy) is 1. The molecule has 1 atom stereocenters. The van der Waals surface area contributed by atoms with E-state index in [-0.39, 0.29) is 32.1 Å². The highest BCUT2D eigenvalue weighted by atomic mass is 19.1. The summed E-state index contributed by atoms with van der Waals surface area (Å²) in [5.74, 6) is -1.27. The third kappa shape index (κ3) is 6.13. The first-order valence-electron chi connectivity index (χ1n) is 10.9. The lowest BCUT2D eigenvalue weighted by molar-refractivity contribution is -0.133. The Balaban J connectivity index is 1.88. The maximum Gasteiger partial charge on any atom is 0.317 e. The minimum absolute atomic E-state index is 0.219. The molecule has 2 aromatic rings.